The lowest BCUT2D eigenvalue weighted by Crippen LogP contribution is -3.12. The number of likely N-dealkylation sites (N-methyl/N-ethyl adjacent to an activating group) is 1. The first-order chi connectivity index (χ1) is 27.5. The summed E-state index contributed by atoms with van der Waals surface area (Å²) in [6.45, 7) is 6.98. The normalized spacial score (nSPS) is 35.7. The van der Waals surface area contributed by atoms with E-state index < -0.39 is 102 Å². The van der Waals surface area contributed by atoms with Crippen molar-refractivity contribution in [2.75, 3.05) is 21.2 Å². The Hall–Kier alpha value is -3.55. The second kappa shape index (κ2) is 17.4. The van der Waals surface area contributed by atoms with Crippen molar-refractivity contribution in [3.8, 4) is 11.5 Å². The molecule has 5 aliphatic rings. The van der Waals surface area contributed by atoms with Gasteiger partial charge < -0.3 is 70.9 Å². The average Bonchev–Trinajstić information content (AvgIpc) is 3.17. The first-order valence-corrected chi connectivity index (χ1v) is 20.0. The van der Waals surface area contributed by atoms with E-state index in [1.165, 1.54) is 31.4 Å². The molecule has 3 fully saturated rings. The highest BCUT2D eigenvalue weighted by molar-refractivity contribution is 6.30. The number of phenols is 2. The van der Waals surface area contributed by atoms with Crippen LogP contribution in [-0.4, -0.2) is 132 Å². The standard InChI is InChI=1S/C42H53NO15.ClH/c1-8-42(51)17-28(33-22(35(42)41(50)52-7)14-23-34(38(33)49)37(48)32-21(36(23)47)10-9-11-26(32)45)56-30-15-24(43(5)6)39(19(3)54-30)58-31-16-27(46)40(20(4)55-31)57-29-13-12-25(44)18(2)53-29;/h9-11,14,18-20,24,27-31,35,39-40,45-46,49,51H,8,12-13,15-17H2,1-7H3;1H/t18-,19-,20-,24+,27-,28+,29+,30+,31+,35?,39+,40+,42-;/m1./s1. The molecule has 324 valence electrons. The van der Waals surface area contributed by atoms with Crippen LogP contribution in [0.1, 0.15) is 121 Å². The number of phenolic OH excluding ortho intramolecular Hbond substituents is 2. The second-order valence-electron chi connectivity index (χ2n) is 16.4. The van der Waals surface area contributed by atoms with Crippen molar-refractivity contribution in [3.63, 3.8) is 0 Å². The van der Waals surface area contributed by atoms with Crippen LogP contribution >= 0.6 is 0 Å². The number of halogens is 1. The van der Waals surface area contributed by atoms with Crippen LogP contribution < -0.4 is 17.3 Å². The number of ketones is 3. The predicted octanol–water partition coefficient (Wildman–Crippen LogP) is -1.26. The summed E-state index contributed by atoms with van der Waals surface area (Å²) >= 11 is 0. The minimum absolute atomic E-state index is 0. The third-order valence-corrected chi connectivity index (χ3v) is 12.5. The molecule has 0 spiro atoms. The number of nitrogens with one attached hydrogen (secondary N) is 1. The Balaban J connectivity index is 0.00000585. The summed E-state index contributed by atoms with van der Waals surface area (Å²) in [5.74, 6) is -4.57. The average molecular weight is 848 g/mol. The van der Waals surface area contributed by atoms with E-state index in [4.69, 9.17) is 33.2 Å². The number of hydrogen-bond donors (Lipinski definition) is 5. The monoisotopic (exact) mass is 847 g/mol. The number of esters is 1. The number of quaternary nitrogens is 1. The zero-order valence-corrected chi connectivity index (χ0v) is 34.9. The van der Waals surface area contributed by atoms with Gasteiger partial charge in [-0.2, -0.15) is 0 Å². The summed E-state index contributed by atoms with van der Waals surface area (Å²) in [5.41, 5.74) is -2.47. The molecular weight excluding hydrogens is 794 g/mol. The van der Waals surface area contributed by atoms with Gasteiger partial charge in [-0.15, -0.1) is 0 Å². The van der Waals surface area contributed by atoms with Gasteiger partial charge in [-0.1, -0.05) is 19.1 Å². The molecule has 5 N–H and O–H groups in total. The van der Waals surface area contributed by atoms with Crippen molar-refractivity contribution in [2.24, 2.45) is 0 Å². The van der Waals surface area contributed by atoms with Crippen molar-refractivity contribution in [1.29, 1.82) is 0 Å². The van der Waals surface area contributed by atoms with Gasteiger partial charge in [0.25, 0.3) is 0 Å². The van der Waals surface area contributed by atoms with Crippen LogP contribution in [0.15, 0.2) is 24.3 Å². The molecule has 2 aromatic carbocycles. The molecule has 3 saturated heterocycles. The molecule has 59 heavy (non-hydrogen) atoms. The largest absolute Gasteiger partial charge is 1.00 e. The Labute approximate surface area is 348 Å². The van der Waals surface area contributed by atoms with Gasteiger partial charge in [-0.3, -0.25) is 19.2 Å². The first-order valence-electron chi connectivity index (χ1n) is 20.0. The van der Waals surface area contributed by atoms with Gasteiger partial charge >= 0.3 is 5.97 Å². The maximum Gasteiger partial charge on any atom is 0.316 e. The minimum Gasteiger partial charge on any atom is -1.00 e. The summed E-state index contributed by atoms with van der Waals surface area (Å²) in [7, 11) is 5.08. The lowest BCUT2D eigenvalue weighted by molar-refractivity contribution is -0.894. The van der Waals surface area contributed by atoms with Crippen molar-refractivity contribution in [1.82, 2.24) is 0 Å². The molecule has 0 aromatic heterocycles. The third-order valence-electron chi connectivity index (χ3n) is 12.5. The van der Waals surface area contributed by atoms with Crippen LogP contribution in [0.4, 0.5) is 0 Å². The Morgan fingerprint density at radius 3 is 2.19 bits per heavy atom. The smallest absolute Gasteiger partial charge is 0.316 e. The lowest BCUT2D eigenvalue weighted by Gasteiger charge is -2.47. The predicted molar refractivity (Wildman–Crippen MR) is 200 cm³/mol. The van der Waals surface area contributed by atoms with Gasteiger partial charge in [0, 0.05) is 42.4 Å². The number of fused-ring (bicyclic) bond motifs is 3. The first kappa shape index (κ1) is 45.0. The van der Waals surface area contributed by atoms with Gasteiger partial charge in [0.15, 0.2) is 30.4 Å². The summed E-state index contributed by atoms with van der Waals surface area (Å²) in [4.78, 5) is 54.1. The Kier molecular flexibility index (Phi) is 13.3. The number of aliphatic hydroxyl groups is 2. The van der Waals surface area contributed by atoms with Crippen LogP contribution in [0, 0.1) is 0 Å². The number of carbonyl (C=O) groups is 4. The fourth-order valence-electron chi connectivity index (χ4n) is 9.36. The zero-order valence-electron chi connectivity index (χ0n) is 34.1. The number of Topliss-reactive ketones (excluding diaryl/α,β-unsaturated/α-hetero) is 1. The van der Waals surface area contributed by atoms with Crippen LogP contribution in [0.25, 0.3) is 0 Å². The molecule has 7 rings (SSSR count). The molecule has 2 aromatic rings. The van der Waals surface area contributed by atoms with E-state index in [0.717, 1.165) is 4.90 Å². The van der Waals surface area contributed by atoms with E-state index in [1.807, 2.05) is 21.0 Å². The Morgan fingerprint density at radius 2 is 1.56 bits per heavy atom. The molecule has 1 unspecified atom stereocenters. The van der Waals surface area contributed by atoms with Crippen LogP contribution in [0.2, 0.25) is 0 Å². The molecule has 17 heteroatoms. The quantitative estimate of drug-likeness (QED) is 0.159. The van der Waals surface area contributed by atoms with Crippen LogP contribution in [0.3, 0.4) is 0 Å². The molecule has 0 radical (unpaired) electrons. The molecule has 0 amide bonds. The number of aromatic hydroxyl groups is 2. The van der Waals surface area contributed by atoms with Crippen LogP contribution in [-0.2, 0) is 42.7 Å². The molecule has 3 aliphatic heterocycles. The number of rotatable bonds is 9. The van der Waals surface area contributed by atoms with E-state index >= 15 is 0 Å². The van der Waals surface area contributed by atoms with Gasteiger partial charge in [0.1, 0.15) is 41.8 Å². The highest BCUT2D eigenvalue weighted by atomic mass is 35.5. The number of benzene rings is 2. The van der Waals surface area contributed by atoms with E-state index in [1.54, 1.807) is 20.8 Å². The number of aliphatic hydroxyl groups excluding tert-OH is 1. The van der Waals surface area contributed by atoms with Gasteiger partial charge in [0.2, 0.25) is 5.78 Å². The SMILES string of the molecule is CC[C@@]1(O)C[C@H](O[C@H]2C[C@H]([NH+](C)C)[C@@H](O[C@H]3C[C@@H](O)[C@@H](O[C@H]4CCC(=O)[C@@H](C)O4)[C@@H](C)O3)[C@@H](C)O2)c2c(cc3c(c2O)C(=O)c2c(O)cccc2C3=O)C1C(=O)OC.[Cl-]. The van der Waals surface area contributed by atoms with E-state index in [9.17, 15) is 39.6 Å². The molecule has 13 atom stereocenters. The Bertz CT molecular complexity index is 1950. The summed E-state index contributed by atoms with van der Waals surface area (Å²) in [5, 5.41) is 45.9. The fourth-order valence-corrected chi connectivity index (χ4v) is 9.36. The summed E-state index contributed by atoms with van der Waals surface area (Å²) in [6, 6.07) is 5.20. The molecule has 2 aliphatic carbocycles. The van der Waals surface area contributed by atoms with Crippen molar-refractivity contribution < 1.29 is 90.1 Å². The van der Waals surface area contributed by atoms with E-state index in [-0.39, 0.29) is 83.3 Å². The number of hydrogen-bond acceptors (Lipinski definition) is 15. The highest BCUT2D eigenvalue weighted by Gasteiger charge is 2.54. The van der Waals surface area contributed by atoms with E-state index in [2.05, 4.69) is 0 Å². The van der Waals surface area contributed by atoms with Gasteiger partial charge in [-0.25, -0.2) is 0 Å². The second-order valence-corrected chi connectivity index (χ2v) is 16.4. The van der Waals surface area contributed by atoms with E-state index in [0.29, 0.717) is 12.8 Å². The molecule has 3 heterocycles. The summed E-state index contributed by atoms with van der Waals surface area (Å²) < 4.78 is 42.7. The number of carbonyl (C=O) groups excluding carboxylic acids is 4. The van der Waals surface area contributed by atoms with Crippen molar-refractivity contribution >= 4 is 23.3 Å². The molecule has 0 bridgehead atoms. The maximum atomic E-state index is 13.9. The maximum absolute atomic E-state index is 13.9. The van der Waals surface area contributed by atoms with Gasteiger partial charge in [0.05, 0.1) is 68.8 Å². The van der Waals surface area contributed by atoms with Crippen LogP contribution in [0.5, 0.6) is 11.5 Å². The van der Waals surface area contributed by atoms with Crippen molar-refractivity contribution in [3.05, 3.63) is 57.6 Å². The number of methoxy groups -OCH3 is 1. The lowest BCUT2D eigenvalue weighted by atomic mass is 9.67. The third kappa shape index (κ3) is 8.16. The number of ether oxygens (including phenoxy) is 7. The minimum atomic E-state index is -1.75. The topological polar surface area (TPSA) is 218 Å². The molecule has 0 saturated carbocycles. The molecule has 16 nitrogen and oxygen atoms in total. The Morgan fingerprint density at radius 1 is 0.898 bits per heavy atom. The molecular formula is C42H54ClNO15. The van der Waals surface area contributed by atoms with Gasteiger partial charge in [-0.05, 0) is 44.9 Å². The summed E-state index contributed by atoms with van der Waals surface area (Å²) in [6.07, 6.45) is -6.46. The fraction of sp³-hybridized carbons (Fsp3) is 0.619. The highest BCUT2D eigenvalue weighted by Crippen LogP contribution is 2.54. The zero-order chi connectivity index (χ0) is 42.0. The van der Waals surface area contributed by atoms with Crippen molar-refractivity contribution in [2.45, 2.75) is 145 Å².